The van der Waals surface area contributed by atoms with Gasteiger partial charge in [0, 0.05) is 23.6 Å². The molecule has 0 spiro atoms. The van der Waals surface area contributed by atoms with E-state index in [1.54, 1.807) is 6.07 Å². The third-order valence-corrected chi connectivity index (χ3v) is 4.44. The highest BCUT2D eigenvalue weighted by Gasteiger charge is 2.20. The molecule has 0 radical (unpaired) electrons. The van der Waals surface area contributed by atoms with E-state index < -0.39 is 7.12 Å². The number of thiophene rings is 1. The van der Waals surface area contributed by atoms with E-state index >= 15 is 0 Å². The lowest BCUT2D eigenvalue weighted by molar-refractivity contribution is 0.427. The molecule has 18 heavy (non-hydrogen) atoms. The second-order valence-corrected chi connectivity index (χ2v) is 5.47. The molecular formula is C12H11BN2O2S. The number of hydrogen-bond donors (Lipinski definition) is 2. The summed E-state index contributed by atoms with van der Waals surface area (Å²) in [5.41, 5.74) is 1.65. The van der Waals surface area contributed by atoms with E-state index in [-0.39, 0.29) is 0 Å². The van der Waals surface area contributed by atoms with Crippen LogP contribution in [0.1, 0.15) is 12.0 Å². The molecule has 6 heteroatoms. The van der Waals surface area contributed by atoms with E-state index in [0.717, 1.165) is 28.9 Å². The molecule has 0 aliphatic carbocycles. The first-order valence-corrected chi connectivity index (χ1v) is 6.59. The van der Waals surface area contributed by atoms with Crippen LogP contribution >= 0.6 is 11.3 Å². The lowest BCUT2D eigenvalue weighted by atomic mass is 9.89. The van der Waals surface area contributed by atoms with Crippen molar-refractivity contribution in [3.8, 4) is 6.07 Å². The fourth-order valence-corrected chi connectivity index (χ4v) is 3.10. The molecule has 1 fully saturated rings. The molecule has 1 aromatic heterocycles. The minimum absolute atomic E-state index is 0.474. The Morgan fingerprint density at radius 3 is 2.61 bits per heavy atom. The Hall–Kier alpha value is -1.55. The van der Waals surface area contributed by atoms with Crippen LogP contribution in [0.3, 0.4) is 0 Å². The molecule has 0 atom stereocenters. The minimum atomic E-state index is -1.47. The molecule has 0 bridgehead atoms. The molecule has 0 unspecified atom stereocenters. The summed E-state index contributed by atoms with van der Waals surface area (Å²) >= 11 is 1.26. The predicted octanol–water partition coefficient (Wildman–Crippen LogP) is 0.663. The number of benzene rings is 1. The fraction of sp³-hybridized carbons (Fsp3) is 0.250. The van der Waals surface area contributed by atoms with Crippen molar-refractivity contribution in [2.75, 3.05) is 18.0 Å². The van der Waals surface area contributed by atoms with Crippen LogP contribution in [0.4, 0.5) is 5.69 Å². The summed E-state index contributed by atoms with van der Waals surface area (Å²) < 4.78 is 1.30. The zero-order chi connectivity index (χ0) is 12.7. The monoisotopic (exact) mass is 258 g/mol. The van der Waals surface area contributed by atoms with Gasteiger partial charge in [-0.2, -0.15) is 5.26 Å². The summed E-state index contributed by atoms with van der Waals surface area (Å²) in [5, 5.41) is 28.5. The molecule has 1 aliphatic heterocycles. The number of nitriles is 1. The third kappa shape index (κ3) is 1.77. The average Bonchev–Trinajstić information content (AvgIpc) is 2.69. The molecule has 0 saturated carbocycles. The van der Waals surface area contributed by atoms with Crippen LogP contribution in [0.5, 0.6) is 0 Å². The van der Waals surface area contributed by atoms with Gasteiger partial charge in [0.15, 0.2) is 0 Å². The summed E-state index contributed by atoms with van der Waals surface area (Å²) in [5.74, 6) is 0. The normalized spacial score (nSPS) is 14.4. The highest BCUT2D eigenvalue weighted by Crippen LogP contribution is 2.31. The van der Waals surface area contributed by atoms with Gasteiger partial charge in [0.05, 0.1) is 10.3 Å². The number of rotatable bonds is 2. The van der Waals surface area contributed by atoms with Crippen molar-refractivity contribution in [3.63, 3.8) is 0 Å². The van der Waals surface area contributed by atoms with Crippen molar-refractivity contribution >= 4 is 39.0 Å². The average molecular weight is 258 g/mol. The Bertz CT molecular complexity index is 643. The molecule has 3 rings (SSSR count). The van der Waals surface area contributed by atoms with Crippen LogP contribution in [0, 0.1) is 11.3 Å². The van der Waals surface area contributed by atoms with Crippen molar-refractivity contribution in [2.24, 2.45) is 0 Å². The third-order valence-electron chi connectivity index (χ3n) is 3.22. The summed E-state index contributed by atoms with van der Waals surface area (Å²) in [7, 11) is -1.47. The van der Waals surface area contributed by atoms with Gasteiger partial charge >= 0.3 is 7.12 Å². The first-order chi connectivity index (χ1) is 8.69. The van der Waals surface area contributed by atoms with E-state index in [1.165, 1.54) is 17.8 Å². The van der Waals surface area contributed by atoms with E-state index in [2.05, 4.69) is 11.0 Å². The molecule has 0 amide bonds. The largest absolute Gasteiger partial charge is 0.499 e. The molecule has 4 nitrogen and oxygen atoms in total. The second-order valence-electron chi connectivity index (χ2n) is 4.39. The molecular weight excluding hydrogens is 247 g/mol. The van der Waals surface area contributed by atoms with Crippen molar-refractivity contribution in [2.45, 2.75) is 6.42 Å². The van der Waals surface area contributed by atoms with Gasteiger partial charge < -0.3 is 14.9 Å². The first-order valence-electron chi connectivity index (χ1n) is 5.78. The number of nitrogens with zero attached hydrogens (tertiary/aromatic N) is 2. The van der Waals surface area contributed by atoms with Gasteiger partial charge in [-0.3, -0.25) is 0 Å². The van der Waals surface area contributed by atoms with E-state index in [1.807, 2.05) is 12.1 Å². The zero-order valence-corrected chi connectivity index (χ0v) is 10.4. The van der Waals surface area contributed by atoms with Crippen LogP contribution < -0.4 is 9.68 Å². The van der Waals surface area contributed by atoms with Crippen LogP contribution in [0.15, 0.2) is 18.2 Å². The summed E-state index contributed by atoms with van der Waals surface area (Å²) in [6.45, 7) is 2.05. The Balaban J connectivity index is 2.16. The summed E-state index contributed by atoms with van der Waals surface area (Å²) in [6, 6.07) is 7.82. The quantitative estimate of drug-likeness (QED) is 0.776. The topological polar surface area (TPSA) is 67.5 Å². The number of hydrogen-bond acceptors (Lipinski definition) is 5. The fourth-order valence-electron chi connectivity index (χ4n) is 2.12. The Kier molecular flexibility index (Phi) is 2.75. The highest BCUT2D eigenvalue weighted by molar-refractivity contribution is 7.28. The van der Waals surface area contributed by atoms with Crippen molar-refractivity contribution in [1.29, 1.82) is 5.26 Å². The standard InChI is InChI=1S/C12H11BN2O2S/c14-7-9-5-10(15-2-1-3-15)4-8-6-11(13(16)17)18-12(8)9/h4-6,16-17H,1-3H2. The lowest BCUT2D eigenvalue weighted by Crippen LogP contribution is -2.36. The van der Waals surface area contributed by atoms with Gasteiger partial charge in [-0.25, -0.2) is 0 Å². The van der Waals surface area contributed by atoms with Gasteiger partial charge in [0.25, 0.3) is 0 Å². The molecule has 2 heterocycles. The van der Waals surface area contributed by atoms with Crippen molar-refractivity contribution in [1.82, 2.24) is 0 Å². The highest BCUT2D eigenvalue weighted by atomic mass is 32.1. The van der Waals surface area contributed by atoms with Gasteiger partial charge in [0.1, 0.15) is 6.07 Å². The number of anilines is 1. The maximum absolute atomic E-state index is 9.20. The van der Waals surface area contributed by atoms with Gasteiger partial charge in [-0.15, -0.1) is 11.3 Å². The molecule has 2 N–H and O–H groups in total. The van der Waals surface area contributed by atoms with Crippen LogP contribution in [0.25, 0.3) is 10.1 Å². The molecule has 1 aromatic carbocycles. The van der Waals surface area contributed by atoms with Gasteiger partial charge in [-0.1, -0.05) is 0 Å². The molecule has 90 valence electrons. The van der Waals surface area contributed by atoms with Crippen molar-refractivity contribution < 1.29 is 10.0 Å². The van der Waals surface area contributed by atoms with E-state index in [4.69, 9.17) is 0 Å². The molecule has 1 aliphatic rings. The van der Waals surface area contributed by atoms with E-state index in [0.29, 0.717) is 10.3 Å². The van der Waals surface area contributed by atoms with Crippen LogP contribution in [-0.2, 0) is 0 Å². The SMILES string of the molecule is N#Cc1cc(N2CCC2)cc2cc(B(O)O)sc12. The Morgan fingerprint density at radius 1 is 1.28 bits per heavy atom. The van der Waals surface area contributed by atoms with Crippen LogP contribution in [-0.4, -0.2) is 30.3 Å². The maximum atomic E-state index is 9.20. The van der Waals surface area contributed by atoms with Crippen molar-refractivity contribution in [3.05, 3.63) is 23.8 Å². The van der Waals surface area contributed by atoms with E-state index in [9.17, 15) is 15.3 Å². The number of fused-ring (bicyclic) bond motifs is 1. The van der Waals surface area contributed by atoms with Gasteiger partial charge in [0.2, 0.25) is 0 Å². The molecule has 1 saturated heterocycles. The minimum Gasteiger partial charge on any atom is -0.423 e. The molecule has 2 aromatic rings. The Labute approximate surface area is 109 Å². The van der Waals surface area contributed by atoms with Crippen LogP contribution in [0.2, 0.25) is 0 Å². The maximum Gasteiger partial charge on any atom is 0.499 e. The smallest absolute Gasteiger partial charge is 0.423 e. The first kappa shape index (κ1) is 11.5. The Morgan fingerprint density at radius 2 is 2.06 bits per heavy atom. The lowest BCUT2D eigenvalue weighted by Gasteiger charge is -2.33. The predicted molar refractivity (Wildman–Crippen MR) is 73.2 cm³/mol. The second kappa shape index (κ2) is 4.28. The summed E-state index contributed by atoms with van der Waals surface area (Å²) in [4.78, 5) is 2.22. The van der Waals surface area contributed by atoms with Gasteiger partial charge in [-0.05, 0) is 30.0 Å². The summed E-state index contributed by atoms with van der Waals surface area (Å²) in [6.07, 6.45) is 1.18. The zero-order valence-electron chi connectivity index (χ0n) is 9.63.